The molecule has 4 rings (SSSR count). The summed E-state index contributed by atoms with van der Waals surface area (Å²) in [5, 5.41) is 2.67. The molecular weight excluding hydrogens is 430 g/mol. The van der Waals surface area contributed by atoms with Crippen LogP contribution in [0.4, 0.5) is 5.69 Å². The summed E-state index contributed by atoms with van der Waals surface area (Å²) in [6, 6.07) is 24.3. The van der Waals surface area contributed by atoms with Crippen molar-refractivity contribution in [3.63, 3.8) is 0 Å². The molecule has 0 bridgehead atoms. The monoisotopic (exact) mass is 453 g/mol. The first-order valence-corrected chi connectivity index (χ1v) is 10.6. The lowest BCUT2D eigenvalue weighted by molar-refractivity contribution is -0.114. The molecule has 0 aliphatic heterocycles. The Hall–Kier alpha value is -4.52. The quantitative estimate of drug-likeness (QED) is 0.402. The minimum atomic E-state index is -0.557. The van der Waals surface area contributed by atoms with Gasteiger partial charge >= 0.3 is 5.97 Å². The van der Waals surface area contributed by atoms with Crippen LogP contribution in [0, 0.1) is 0 Å². The maximum Gasteiger partial charge on any atom is 0.339 e. The van der Waals surface area contributed by atoms with Crippen LogP contribution in [-0.4, -0.2) is 36.1 Å². The summed E-state index contributed by atoms with van der Waals surface area (Å²) in [6.45, 7) is 1.38. The fraction of sp³-hybridized carbons (Fsp3) is 0.111. The highest BCUT2D eigenvalue weighted by atomic mass is 16.5. The van der Waals surface area contributed by atoms with Crippen LogP contribution in [0.5, 0.6) is 5.75 Å². The van der Waals surface area contributed by atoms with E-state index in [1.54, 1.807) is 25.3 Å². The molecule has 0 saturated carbocycles. The largest absolute Gasteiger partial charge is 0.497 e. The van der Waals surface area contributed by atoms with E-state index in [0.29, 0.717) is 22.8 Å². The third-order valence-electron chi connectivity index (χ3n) is 5.18. The van der Waals surface area contributed by atoms with Crippen molar-refractivity contribution >= 4 is 17.6 Å². The van der Waals surface area contributed by atoms with Crippen molar-refractivity contribution in [1.29, 1.82) is 0 Å². The lowest BCUT2D eigenvalue weighted by Gasteiger charge is -2.13. The molecule has 7 heteroatoms. The van der Waals surface area contributed by atoms with E-state index in [2.05, 4.69) is 5.32 Å². The van der Waals surface area contributed by atoms with Crippen molar-refractivity contribution in [2.24, 2.45) is 0 Å². The van der Waals surface area contributed by atoms with E-state index in [-0.39, 0.29) is 11.5 Å². The zero-order valence-corrected chi connectivity index (χ0v) is 19.0. The number of hydrogen-bond donors (Lipinski definition) is 1. The average Bonchev–Trinajstić information content (AvgIpc) is 2.88. The predicted molar refractivity (Wildman–Crippen MR) is 131 cm³/mol. The van der Waals surface area contributed by atoms with Crippen molar-refractivity contribution in [2.45, 2.75) is 6.92 Å². The first kappa shape index (κ1) is 22.7. The second-order valence-corrected chi connectivity index (χ2v) is 7.49. The molecule has 0 saturated heterocycles. The number of ether oxygens (including phenoxy) is 2. The highest BCUT2D eigenvalue weighted by Crippen LogP contribution is 2.30. The summed E-state index contributed by atoms with van der Waals surface area (Å²) in [6.07, 6.45) is 0. The highest BCUT2D eigenvalue weighted by Gasteiger charge is 2.17. The number of methoxy groups -OCH3 is 2. The molecule has 0 unspecified atom stereocenters. The van der Waals surface area contributed by atoms with Gasteiger partial charge in [-0.05, 0) is 42.5 Å². The average molecular weight is 453 g/mol. The molecule has 0 radical (unpaired) electrons. The number of nitrogens with one attached hydrogen (secondary N) is 1. The minimum Gasteiger partial charge on any atom is -0.497 e. The van der Waals surface area contributed by atoms with Gasteiger partial charge in [0.05, 0.1) is 36.9 Å². The standard InChI is InChI=1S/C27H23N3O4/c1-17(31)28-23-14-11-20(15-22(23)27(32)34-3)25-16-24(18-9-12-21(33-2)13-10-18)29-26(30-25)19-7-5-4-6-8-19/h4-16H,1-3H3,(H,28,31). The van der Waals surface area contributed by atoms with Crippen LogP contribution >= 0.6 is 0 Å². The predicted octanol–water partition coefficient (Wildman–Crippen LogP) is 5.23. The smallest absolute Gasteiger partial charge is 0.339 e. The number of esters is 1. The van der Waals surface area contributed by atoms with E-state index in [0.717, 1.165) is 22.6 Å². The van der Waals surface area contributed by atoms with Gasteiger partial charge in [0.2, 0.25) is 5.91 Å². The topological polar surface area (TPSA) is 90.4 Å². The van der Waals surface area contributed by atoms with E-state index in [9.17, 15) is 9.59 Å². The van der Waals surface area contributed by atoms with Crippen LogP contribution in [0.25, 0.3) is 33.9 Å². The second-order valence-electron chi connectivity index (χ2n) is 7.49. The molecule has 1 amide bonds. The van der Waals surface area contributed by atoms with Gasteiger partial charge in [0.15, 0.2) is 5.82 Å². The molecule has 0 atom stereocenters. The van der Waals surface area contributed by atoms with Crippen LogP contribution in [0.1, 0.15) is 17.3 Å². The summed E-state index contributed by atoms with van der Waals surface area (Å²) in [4.78, 5) is 33.6. The zero-order valence-electron chi connectivity index (χ0n) is 19.0. The van der Waals surface area contributed by atoms with Gasteiger partial charge in [-0.3, -0.25) is 4.79 Å². The van der Waals surface area contributed by atoms with Crippen LogP contribution in [0.2, 0.25) is 0 Å². The lowest BCUT2D eigenvalue weighted by Crippen LogP contribution is -2.12. The Kier molecular flexibility index (Phi) is 6.64. The fourth-order valence-corrected chi connectivity index (χ4v) is 3.50. The lowest BCUT2D eigenvalue weighted by atomic mass is 10.0. The number of hydrogen-bond acceptors (Lipinski definition) is 6. The molecule has 0 spiro atoms. The second kappa shape index (κ2) is 9.95. The van der Waals surface area contributed by atoms with Crippen molar-refractivity contribution in [2.75, 3.05) is 19.5 Å². The Morgan fingerprint density at radius 2 is 1.41 bits per heavy atom. The van der Waals surface area contributed by atoms with Gasteiger partial charge in [-0.1, -0.05) is 36.4 Å². The molecule has 4 aromatic rings. The van der Waals surface area contributed by atoms with Crippen molar-refractivity contribution in [1.82, 2.24) is 9.97 Å². The maximum absolute atomic E-state index is 12.4. The number of benzene rings is 3. The Morgan fingerprint density at radius 1 is 0.765 bits per heavy atom. The zero-order chi connectivity index (χ0) is 24.1. The normalized spacial score (nSPS) is 10.4. The highest BCUT2D eigenvalue weighted by molar-refractivity contribution is 6.01. The Bertz CT molecular complexity index is 1340. The van der Waals surface area contributed by atoms with Gasteiger partial charge in [-0.25, -0.2) is 14.8 Å². The Morgan fingerprint density at radius 3 is 2.03 bits per heavy atom. The van der Waals surface area contributed by atoms with E-state index >= 15 is 0 Å². The van der Waals surface area contributed by atoms with Gasteiger partial charge in [-0.2, -0.15) is 0 Å². The summed E-state index contributed by atoms with van der Waals surface area (Å²) in [5.74, 6) is 0.457. The molecule has 0 aliphatic carbocycles. The van der Waals surface area contributed by atoms with Crippen molar-refractivity contribution in [3.05, 3.63) is 84.4 Å². The molecule has 34 heavy (non-hydrogen) atoms. The SMILES string of the molecule is COC(=O)c1cc(-c2cc(-c3ccc(OC)cc3)nc(-c3ccccc3)n2)ccc1NC(C)=O. The Labute approximate surface area is 197 Å². The van der Waals surface area contributed by atoms with E-state index in [1.807, 2.05) is 60.7 Å². The first-order valence-electron chi connectivity index (χ1n) is 10.6. The summed E-state index contributed by atoms with van der Waals surface area (Å²) < 4.78 is 10.2. The van der Waals surface area contributed by atoms with E-state index in [1.165, 1.54) is 14.0 Å². The third-order valence-corrected chi connectivity index (χ3v) is 5.18. The van der Waals surface area contributed by atoms with E-state index in [4.69, 9.17) is 19.4 Å². The minimum absolute atomic E-state index is 0.237. The van der Waals surface area contributed by atoms with Crippen LogP contribution in [0.3, 0.4) is 0 Å². The van der Waals surface area contributed by atoms with Gasteiger partial charge < -0.3 is 14.8 Å². The number of carbonyl (C=O) groups excluding carboxylic acids is 2. The van der Waals surface area contributed by atoms with Crippen LogP contribution in [-0.2, 0) is 9.53 Å². The summed E-state index contributed by atoms with van der Waals surface area (Å²) >= 11 is 0. The number of amides is 1. The molecule has 7 nitrogen and oxygen atoms in total. The third kappa shape index (κ3) is 4.94. The number of carbonyl (C=O) groups is 2. The maximum atomic E-state index is 12.4. The van der Waals surface area contributed by atoms with Crippen LogP contribution < -0.4 is 10.1 Å². The molecule has 1 N–H and O–H groups in total. The number of rotatable bonds is 6. The molecular formula is C27H23N3O4. The van der Waals surface area contributed by atoms with Gasteiger partial charge in [0, 0.05) is 23.6 Å². The van der Waals surface area contributed by atoms with Gasteiger partial charge in [-0.15, -0.1) is 0 Å². The molecule has 3 aromatic carbocycles. The summed E-state index contributed by atoms with van der Waals surface area (Å²) in [5.41, 5.74) is 4.39. The molecule has 170 valence electrons. The number of nitrogens with zero attached hydrogens (tertiary/aromatic N) is 2. The fourth-order valence-electron chi connectivity index (χ4n) is 3.50. The first-order chi connectivity index (χ1) is 16.5. The Balaban J connectivity index is 1.88. The molecule has 1 heterocycles. The number of anilines is 1. The molecule has 0 fully saturated rings. The number of aromatic nitrogens is 2. The molecule has 0 aliphatic rings. The van der Waals surface area contributed by atoms with Gasteiger partial charge in [0.25, 0.3) is 0 Å². The van der Waals surface area contributed by atoms with Crippen molar-refractivity contribution in [3.8, 4) is 39.7 Å². The van der Waals surface area contributed by atoms with Crippen LogP contribution in [0.15, 0.2) is 78.9 Å². The van der Waals surface area contributed by atoms with E-state index < -0.39 is 5.97 Å². The molecule has 1 aromatic heterocycles. The van der Waals surface area contributed by atoms with Gasteiger partial charge in [0.1, 0.15) is 5.75 Å². The summed E-state index contributed by atoms with van der Waals surface area (Å²) in [7, 11) is 2.92. The van der Waals surface area contributed by atoms with Crippen molar-refractivity contribution < 1.29 is 19.1 Å².